The second-order valence-corrected chi connectivity index (χ2v) is 4.32. The first-order valence-corrected chi connectivity index (χ1v) is 6.66. The molecule has 0 saturated carbocycles. The molecule has 0 saturated heterocycles. The molecular formula is C12H26ClN. The minimum atomic E-state index is 0.827. The minimum Gasteiger partial charge on any atom is -0.303 e. The first kappa shape index (κ1) is 14.2. The zero-order chi connectivity index (χ0) is 10.6. The van der Waals surface area contributed by atoms with Crippen molar-refractivity contribution >= 4 is 11.6 Å². The lowest BCUT2D eigenvalue weighted by Gasteiger charge is -2.20. The summed E-state index contributed by atoms with van der Waals surface area (Å²) in [6, 6.07) is 0. The SMILES string of the molecule is CCCN(CCC)CCCCCCCl. The van der Waals surface area contributed by atoms with Crippen molar-refractivity contribution in [2.45, 2.75) is 52.4 Å². The molecule has 14 heavy (non-hydrogen) atoms. The molecular weight excluding hydrogens is 194 g/mol. The number of alkyl halides is 1. The molecule has 0 spiro atoms. The van der Waals surface area contributed by atoms with E-state index in [-0.39, 0.29) is 0 Å². The summed E-state index contributed by atoms with van der Waals surface area (Å²) in [7, 11) is 0. The van der Waals surface area contributed by atoms with Gasteiger partial charge >= 0.3 is 0 Å². The highest BCUT2D eigenvalue weighted by Gasteiger charge is 2.01. The summed E-state index contributed by atoms with van der Waals surface area (Å²) in [6.45, 7) is 8.34. The number of hydrogen-bond acceptors (Lipinski definition) is 1. The van der Waals surface area contributed by atoms with Crippen LogP contribution < -0.4 is 0 Å². The fourth-order valence-corrected chi connectivity index (χ4v) is 1.94. The van der Waals surface area contributed by atoms with E-state index in [1.54, 1.807) is 0 Å². The third-order valence-electron chi connectivity index (χ3n) is 2.44. The zero-order valence-corrected chi connectivity index (χ0v) is 10.7. The Bertz CT molecular complexity index is 100. The second kappa shape index (κ2) is 11.3. The van der Waals surface area contributed by atoms with Crippen LogP contribution in [0, 0.1) is 0 Å². The van der Waals surface area contributed by atoms with Crippen LogP contribution in [0.5, 0.6) is 0 Å². The predicted molar refractivity (Wildman–Crippen MR) is 66.2 cm³/mol. The normalized spacial score (nSPS) is 11.1. The van der Waals surface area contributed by atoms with Gasteiger partial charge in [0.05, 0.1) is 0 Å². The van der Waals surface area contributed by atoms with Crippen molar-refractivity contribution in [3.63, 3.8) is 0 Å². The van der Waals surface area contributed by atoms with E-state index >= 15 is 0 Å². The van der Waals surface area contributed by atoms with Crippen LogP contribution in [0.25, 0.3) is 0 Å². The fraction of sp³-hybridized carbons (Fsp3) is 1.00. The summed E-state index contributed by atoms with van der Waals surface area (Å²) in [5.41, 5.74) is 0. The van der Waals surface area contributed by atoms with Gasteiger partial charge in [-0.3, -0.25) is 0 Å². The van der Waals surface area contributed by atoms with Crippen molar-refractivity contribution in [3.05, 3.63) is 0 Å². The second-order valence-electron chi connectivity index (χ2n) is 3.94. The molecule has 86 valence electrons. The smallest absolute Gasteiger partial charge is 0.0223 e. The molecule has 0 aromatic rings. The van der Waals surface area contributed by atoms with Crippen molar-refractivity contribution < 1.29 is 0 Å². The van der Waals surface area contributed by atoms with Gasteiger partial charge in [-0.1, -0.05) is 26.7 Å². The lowest BCUT2D eigenvalue weighted by Crippen LogP contribution is -2.26. The van der Waals surface area contributed by atoms with Crippen LogP contribution in [0.15, 0.2) is 0 Å². The first-order chi connectivity index (χ1) is 6.85. The predicted octanol–water partition coefficient (Wildman–Crippen LogP) is 3.91. The van der Waals surface area contributed by atoms with Crippen molar-refractivity contribution in [2.24, 2.45) is 0 Å². The maximum Gasteiger partial charge on any atom is 0.0223 e. The summed E-state index contributed by atoms with van der Waals surface area (Å²) in [5.74, 6) is 0.827. The standard InChI is InChI=1S/C12H26ClN/c1-3-10-14(11-4-2)12-8-6-5-7-9-13/h3-12H2,1-2H3. The van der Waals surface area contributed by atoms with Gasteiger partial charge in [-0.05, 0) is 45.3 Å². The van der Waals surface area contributed by atoms with E-state index in [4.69, 9.17) is 11.6 Å². The summed E-state index contributed by atoms with van der Waals surface area (Å²) in [6.07, 6.45) is 7.73. The van der Waals surface area contributed by atoms with Crippen LogP contribution in [0.3, 0.4) is 0 Å². The minimum absolute atomic E-state index is 0.827. The Morgan fingerprint density at radius 1 is 0.786 bits per heavy atom. The highest BCUT2D eigenvalue weighted by Crippen LogP contribution is 2.04. The van der Waals surface area contributed by atoms with Crippen molar-refractivity contribution in [1.82, 2.24) is 4.90 Å². The molecule has 0 aliphatic heterocycles. The van der Waals surface area contributed by atoms with Gasteiger partial charge in [-0.25, -0.2) is 0 Å². The Balaban J connectivity index is 3.30. The van der Waals surface area contributed by atoms with E-state index in [1.165, 1.54) is 58.2 Å². The van der Waals surface area contributed by atoms with Crippen molar-refractivity contribution in [2.75, 3.05) is 25.5 Å². The van der Waals surface area contributed by atoms with Crippen LogP contribution in [-0.2, 0) is 0 Å². The van der Waals surface area contributed by atoms with Gasteiger partial charge in [0.15, 0.2) is 0 Å². The molecule has 0 unspecified atom stereocenters. The molecule has 1 nitrogen and oxygen atoms in total. The van der Waals surface area contributed by atoms with Crippen molar-refractivity contribution in [3.8, 4) is 0 Å². The molecule has 0 heterocycles. The maximum absolute atomic E-state index is 5.63. The summed E-state index contributed by atoms with van der Waals surface area (Å²) >= 11 is 5.63. The Morgan fingerprint density at radius 2 is 1.36 bits per heavy atom. The largest absolute Gasteiger partial charge is 0.303 e. The Labute approximate surface area is 94.8 Å². The highest BCUT2D eigenvalue weighted by atomic mass is 35.5. The molecule has 0 amide bonds. The van der Waals surface area contributed by atoms with Crippen LogP contribution in [0.1, 0.15) is 52.4 Å². The van der Waals surface area contributed by atoms with Gasteiger partial charge in [0.2, 0.25) is 0 Å². The Morgan fingerprint density at radius 3 is 1.86 bits per heavy atom. The van der Waals surface area contributed by atoms with E-state index in [2.05, 4.69) is 18.7 Å². The monoisotopic (exact) mass is 219 g/mol. The molecule has 0 aromatic heterocycles. The summed E-state index contributed by atoms with van der Waals surface area (Å²) in [4.78, 5) is 2.58. The van der Waals surface area contributed by atoms with Crippen LogP contribution in [0.4, 0.5) is 0 Å². The molecule has 0 aromatic carbocycles. The lowest BCUT2D eigenvalue weighted by atomic mass is 10.2. The number of rotatable bonds is 10. The summed E-state index contributed by atoms with van der Waals surface area (Å²) in [5, 5.41) is 0. The van der Waals surface area contributed by atoms with Crippen LogP contribution in [0.2, 0.25) is 0 Å². The van der Waals surface area contributed by atoms with E-state index in [1.807, 2.05) is 0 Å². The topological polar surface area (TPSA) is 3.24 Å². The Kier molecular flexibility index (Phi) is 11.5. The number of nitrogens with zero attached hydrogens (tertiary/aromatic N) is 1. The number of unbranched alkanes of at least 4 members (excludes halogenated alkanes) is 3. The highest BCUT2D eigenvalue weighted by molar-refractivity contribution is 6.17. The maximum atomic E-state index is 5.63. The number of halogens is 1. The zero-order valence-electron chi connectivity index (χ0n) is 9.90. The van der Waals surface area contributed by atoms with Gasteiger partial charge in [-0.2, -0.15) is 0 Å². The average molecular weight is 220 g/mol. The average Bonchev–Trinajstić information content (AvgIpc) is 2.18. The van der Waals surface area contributed by atoms with E-state index in [9.17, 15) is 0 Å². The summed E-state index contributed by atoms with van der Waals surface area (Å²) < 4.78 is 0. The van der Waals surface area contributed by atoms with Crippen LogP contribution in [-0.4, -0.2) is 30.4 Å². The molecule has 0 bridgehead atoms. The fourth-order valence-electron chi connectivity index (χ4n) is 1.75. The first-order valence-electron chi connectivity index (χ1n) is 6.13. The third kappa shape index (κ3) is 8.83. The lowest BCUT2D eigenvalue weighted by molar-refractivity contribution is 0.268. The molecule has 0 aliphatic rings. The third-order valence-corrected chi connectivity index (χ3v) is 2.70. The quantitative estimate of drug-likeness (QED) is 0.398. The van der Waals surface area contributed by atoms with Gasteiger partial charge in [-0.15, -0.1) is 11.6 Å². The molecule has 0 atom stereocenters. The van der Waals surface area contributed by atoms with Gasteiger partial charge in [0.1, 0.15) is 0 Å². The van der Waals surface area contributed by atoms with Gasteiger partial charge < -0.3 is 4.90 Å². The van der Waals surface area contributed by atoms with Crippen molar-refractivity contribution in [1.29, 1.82) is 0 Å². The molecule has 0 rings (SSSR count). The number of hydrogen-bond donors (Lipinski definition) is 0. The molecule has 2 heteroatoms. The van der Waals surface area contributed by atoms with Gasteiger partial charge in [0, 0.05) is 5.88 Å². The Hall–Kier alpha value is 0.250. The molecule has 0 radical (unpaired) electrons. The van der Waals surface area contributed by atoms with E-state index in [0.29, 0.717) is 0 Å². The van der Waals surface area contributed by atoms with E-state index < -0.39 is 0 Å². The van der Waals surface area contributed by atoms with Crippen LogP contribution >= 0.6 is 11.6 Å². The molecule has 0 aliphatic carbocycles. The molecule has 0 N–H and O–H groups in total. The molecule has 0 fully saturated rings. The van der Waals surface area contributed by atoms with Gasteiger partial charge in [0.25, 0.3) is 0 Å². The van der Waals surface area contributed by atoms with E-state index in [0.717, 1.165) is 5.88 Å².